The van der Waals surface area contributed by atoms with Crippen LogP contribution >= 0.6 is 0 Å². The van der Waals surface area contributed by atoms with Crippen LogP contribution in [0, 0.1) is 0 Å². The smallest absolute Gasteiger partial charge is 0.232 e. The Morgan fingerprint density at radius 1 is 1.08 bits per heavy atom. The second kappa shape index (κ2) is 7.78. The van der Waals surface area contributed by atoms with E-state index in [1.54, 1.807) is 12.1 Å². The van der Waals surface area contributed by atoms with Gasteiger partial charge in [0, 0.05) is 11.8 Å². The molecule has 0 bridgehead atoms. The maximum Gasteiger partial charge on any atom is 0.232 e. The van der Waals surface area contributed by atoms with Crippen LogP contribution in [0.2, 0.25) is 0 Å². The van der Waals surface area contributed by atoms with Crippen LogP contribution in [-0.2, 0) is 29.4 Å². The van der Waals surface area contributed by atoms with Gasteiger partial charge in [0.25, 0.3) is 0 Å². The molecule has 1 aromatic carbocycles. The molecule has 2 aromatic rings. The molecule has 0 aliphatic rings. The fourth-order valence-electron chi connectivity index (χ4n) is 2.71. The van der Waals surface area contributed by atoms with E-state index in [0.29, 0.717) is 16.9 Å². The number of nitrogens with zero attached hydrogens (tertiary/aromatic N) is 2. The molecule has 2 rings (SSSR count). The molecule has 0 aliphatic heterocycles. The van der Waals surface area contributed by atoms with E-state index in [4.69, 9.17) is 0 Å². The molecule has 1 heterocycles. The maximum atomic E-state index is 12.3. The van der Waals surface area contributed by atoms with Crippen molar-refractivity contribution in [1.82, 2.24) is 4.98 Å². The standard InChI is InChI=1S/C19H24N2O3S/c1-5-15-8-10-19(11-16(15)6-2)21(25(4,23)24)13-18-9-7-17(12-20-18)14(3)22/h7-12H,5-6,13H2,1-4H3. The molecule has 5 nitrogen and oxygen atoms in total. The average molecular weight is 360 g/mol. The van der Waals surface area contributed by atoms with Crippen molar-refractivity contribution in [1.29, 1.82) is 0 Å². The molecule has 0 aliphatic carbocycles. The van der Waals surface area contributed by atoms with Gasteiger partial charge in [-0.2, -0.15) is 0 Å². The number of hydrogen-bond donors (Lipinski definition) is 0. The third-order valence-electron chi connectivity index (χ3n) is 4.18. The summed E-state index contributed by atoms with van der Waals surface area (Å²) in [6, 6.07) is 9.12. The van der Waals surface area contributed by atoms with Crippen molar-refractivity contribution in [3.05, 3.63) is 58.9 Å². The van der Waals surface area contributed by atoms with Gasteiger partial charge in [0.05, 0.1) is 24.2 Å². The monoisotopic (exact) mass is 360 g/mol. The molecule has 1 aromatic heterocycles. The lowest BCUT2D eigenvalue weighted by molar-refractivity contribution is 0.101. The van der Waals surface area contributed by atoms with E-state index in [2.05, 4.69) is 18.8 Å². The normalized spacial score (nSPS) is 11.4. The van der Waals surface area contributed by atoms with E-state index in [9.17, 15) is 13.2 Å². The minimum absolute atomic E-state index is 0.0678. The van der Waals surface area contributed by atoms with Crippen LogP contribution in [0.4, 0.5) is 5.69 Å². The molecule has 0 spiro atoms. The summed E-state index contributed by atoms with van der Waals surface area (Å²) in [5.74, 6) is -0.0678. The molecule has 0 unspecified atom stereocenters. The number of anilines is 1. The zero-order valence-corrected chi connectivity index (χ0v) is 15.9. The van der Waals surface area contributed by atoms with Crippen molar-refractivity contribution >= 4 is 21.5 Å². The highest BCUT2D eigenvalue weighted by Gasteiger charge is 2.19. The fraction of sp³-hybridized carbons (Fsp3) is 0.368. The Hall–Kier alpha value is -2.21. The summed E-state index contributed by atoms with van der Waals surface area (Å²) < 4.78 is 26.0. The molecule has 6 heteroatoms. The summed E-state index contributed by atoms with van der Waals surface area (Å²) >= 11 is 0. The molecule has 0 fully saturated rings. The lowest BCUT2D eigenvalue weighted by Crippen LogP contribution is -2.29. The topological polar surface area (TPSA) is 67.3 Å². The van der Waals surface area contributed by atoms with Gasteiger partial charge in [-0.1, -0.05) is 19.9 Å². The zero-order valence-electron chi connectivity index (χ0n) is 15.1. The molecule has 0 amide bonds. The molecule has 0 radical (unpaired) electrons. The minimum atomic E-state index is -3.46. The first-order valence-electron chi connectivity index (χ1n) is 8.31. The quantitative estimate of drug-likeness (QED) is 0.710. The Morgan fingerprint density at radius 2 is 1.76 bits per heavy atom. The van der Waals surface area contributed by atoms with E-state index in [1.165, 1.54) is 29.2 Å². The summed E-state index contributed by atoms with van der Waals surface area (Å²) in [5.41, 5.74) is 4.11. The number of ketones is 1. The van der Waals surface area contributed by atoms with Crippen LogP contribution in [0.1, 0.15) is 48.0 Å². The predicted molar refractivity (Wildman–Crippen MR) is 100 cm³/mol. The van der Waals surface area contributed by atoms with Gasteiger partial charge in [0.15, 0.2) is 5.78 Å². The van der Waals surface area contributed by atoms with Gasteiger partial charge in [-0.3, -0.25) is 14.1 Å². The Morgan fingerprint density at radius 3 is 2.24 bits per heavy atom. The predicted octanol–water partition coefficient (Wildman–Crippen LogP) is 3.38. The second-order valence-corrected chi connectivity index (χ2v) is 7.93. The van der Waals surface area contributed by atoms with Crippen molar-refractivity contribution in [3.63, 3.8) is 0 Å². The van der Waals surface area contributed by atoms with Crippen LogP contribution < -0.4 is 4.31 Å². The van der Waals surface area contributed by atoms with Crippen LogP contribution in [0.25, 0.3) is 0 Å². The number of benzene rings is 1. The molecule has 0 saturated heterocycles. The van der Waals surface area contributed by atoms with Gasteiger partial charge in [-0.05, 0) is 55.2 Å². The van der Waals surface area contributed by atoms with E-state index < -0.39 is 10.0 Å². The Kier molecular flexibility index (Phi) is 5.95. The second-order valence-electron chi connectivity index (χ2n) is 6.02. The van der Waals surface area contributed by atoms with Crippen LogP contribution in [0.15, 0.2) is 36.5 Å². The summed E-state index contributed by atoms with van der Waals surface area (Å²) in [6.45, 7) is 5.75. The number of aryl methyl sites for hydroxylation is 2. The van der Waals surface area contributed by atoms with Crippen LogP contribution in [0.5, 0.6) is 0 Å². The number of hydrogen-bond acceptors (Lipinski definition) is 4. The number of carbonyl (C=O) groups is 1. The molecule has 0 N–H and O–H groups in total. The van der Waals surface area contributed by atoms with E-state index in [0.717, 1.165) is 18.4 Å². The lowest BCUT2D eigenvalue weighted by Gasteiger charge is -2.23. The first-order chi connectivity index (χ1) is 11.8. The van der Waals surface area contributed by atoms with Gasteiger partial charge in [0.2, 0.25) is 10.0 Å². The molecular formula is C19H24N2O3S. The summed E-state index contributed by atoms with van der Waals surface area (Å²) in [5, 5.41) is 0. The van der Waals surface area contributed by atoms with Gasteiger partial charge in [-0.15, -0.1) is 0 Å². The molecule has 0 saturated carbocycles. The first kappa shape index (κ1) is 19.1. The molecular weight excluding hydrogens is 336 g/mol. The Labute approximate surface area is 149 Å². The maximum absolute atomic E-state index is 12.3. The van der Waals surface area contributed by atoms with Crippen molar-refractivity contribution in [2.75, 3.05) is 10.6 Å². The van der Waals surface area contributed by atoms with Crippen molar-refractivity contribution in [2.24, 2.45) is 0 Å². The highest BCUT2D eigenvalue weighted by atomic mass is 32.2. The molecule has 25 heavy (non-hydrogen) atoms. The number of carbonyl (C=O) groups excluding carboxylic acids is 1. The van der Waals surface area contributed by atoms with Crippen molar-refractivity contribution < 1.29 is 13.2 Å². The van der Waals surface area contributed by atoms with Crippen LogP contribution in [0.3, 0.4) is 0 Å². The van der Waals surface area contributed by atoms with Gasteiger partial charge < -0.3 is 0 Å². The number of aromatic nitrogens is 1. The van der Waals surface area contributed by atoms with Gasteiger partial charge in [0.1, 0.15) is 0 Å². The van der Waals surface area contributed by atoms with E-state index in [-0.39, 0.29) is 12.3 Å². The summed E-state index contributed by atoms with van der Waals surface area (Å²) in [4.78, 5) is 15.6. The SMILES string of the molecule is CCc1ccc(N(Cc2ccc(C(C)=O)cn2)S(C)(=O)=O)cc1CC. The largest absolute Gasteiger partial charge is 0.294 e. The Bertz CT molecular complexity index is 859. The molecule has 0 atom stereocenters. The summed E-state index contributed by atoms with van der Waals surface area (Å²) in [6.07, 6.45) is 4.43. The number of Topliss-reactive ketones (excluding diaryl/α,β-unsaturated/α-hetero) is 1. The van der Waals surface area contributed by atoms with Crippen molar-refractivity contribution in [2.45, 2.75) is 40.2 Å². The van der Waals surface area contributed by atoms with Crippen LogP contribution in [-0.4, -0.2) is 25.4 Å². The third kappa shape index (κ3) is 4.66. The number of rotatable bonds is 7. The van der Waals surface area contributed by atoms with E-state index in [1.807, 2.05) is 18.2 Å². The average Bonchev–Trinajstić information content (AvgIpc) is 2.58. The summed E-state index contributed by atoms with van der Waals surface area (Å²) in [7, 11) is -3.46. The zero-order chi connectivity index (χ0) is 18.6. The fourth-order valence-corrected chi connectivity index (χ4v) is 3.58. The molecule has 134 valence electrons. The number of sulfonamides is 1. The minimum Gasteiger partial charge on any atom is -0.294 e. The lowest BCUT2D eigenvalue weighted by atomic mass is 10.0. The third-order valence-corrected chi connectivity index (χ3v) is 5.32. The first-order valence-corrected chi connectivity index (χ1v) is 10.2. The van der Waals surface area contributed by atoms with E-state index >= 15 is 0 Å². The highest BCUT2D eigenvalue weighted by Crippen LogP contribution is 2.24. The van der Waals surface area contributed by atoms with Gasteiger partial charge in [-0.25, -0.2) is 8.42 Å². The number of pyridine rings is 1. The highest BCUT2D eigenvalue weighted by molar-refractivity contribution is 7.92. The van der Waals surface area contributed by atoms with Crippen molar-refractivity contribution in [3.8, 4) is 0 Å². The Balaban J connectivity index is 2.39. The van der Waals surface area contributed by atoms with Gasteiger partial charge >= 0.3 is 0 Å².